The molecule has 1 N–H and O–H groups in total. The Bertz CT molecular complexity index is 816. The van der Waals surface area contributed by atoms with E-state index in [0.717, 1.165) is 56.7 Å². The van der Waals surface area contributed by atoms with E-state index in [9.17, 15) is 4.79 Å². The van der Waals surface area contributed by atoms with E-state index in [2.05, 4.69) is 10.4 Å². The average molecular weight is 435 g/mol. The van der Waals surface area contributed by atoms with E-state index >= 15 is 0 Å². The maximum atomic E-state index is 13.3. The molecule has 30 heavy (non-hydrogen) atoms. The minimum Gasteiger partial charge on any atom is -0.497 e. The van der Waals surface area contributed by atoms with Crippen molar-refractivity contribution in [1.82, 2.24) is 20.0 Å². The second-order valence-electron chi connectivity index (χ2n) is 7.85. The molecule has 2 saturated heterocycles. The van der Waals surface area contributed by atoms with Crippen LogP contribution in [0.3, 0.4) is 0 Å². The first-order chi connectivity index (χ1) is 14.2. The molecule has 1 aromatic heterocycles. The van der Waals surface area contributed by atoms with Crippen LogP contribution < -0.4 is 10.1 Å². The van der Waals surface area contributed by atoms with Crippen molar-refractivity contribution in [3.8, 4) is 5.75 Å². The zero-order chi connectivity index (χ0) is 20.1. The molecule has 0 aliphatic carbocycles. The molecule has 2 unspecified atom stereocenters. The van der Waals surface area contributed by atoms with E-state index < -0.39 is 0 Å². The molecule has 2 aliphatic rings. The lowest BCUT2D eigenvalue weighted by atomic mass is 10.1. The van der Waals surface area contributed by atoms with Crippen LogP contribution in [0.25, 0.3) is 0 Å². The summed E-state index contributed by atoms with van der Waals surface area (Å²) in [6.07, 6.45) is 6.29. The third-order valence-corrected chi connectivity index (χ3v) is 5.72. The number of carbonyl (C=O) groups is 1. The number of ether oxygens (including phenoxy) is 2. The highest BCUT2D eigenvalue weighted by Gasteiger charge is 2.26. The van der Waals surface area contributed by atoms with Gasteiger partial charge in [0, 0.05) is 32.4 Å². The normalized spacial score (nSPS) is 21.1. The molecule has 4 rings (SSSR count). The minimum absolute atomic E-state index is 0. The van der Waals surface area contributed by atoms with Crippen molar-refractivity contribution in [2.45, 2.75) is 44.4 Å². The molecule has 2 aliphatic heterocycles. The van der Waals surface area contributed by atoms with Gasteiger partial charge in [-0.1, -0.05) is 12.1 Å². The summed E-state index contributed by atoms with van der Waals surface area (Å²) < 4.78 is 13.1. The SMILES string of the molecule is COc1cccc(CN(CC2CCCO2)C(=O)c2ccn(C3CCCNC3)n2)c1.Cl. The molecular weight excluding hydrogens is 404 g/mol. The highest BCUT2D eigenvalue weighted by atomic mass is 35.5. The van der Waals surface area contributed by atoms with Gasteiger partial charge in [0.25, 0.3) is 5.91 Å². The quantitative estimate of drug-likeness (QED) is 0.725. The van der Waals surface area contributed by atoms with Crippen LogP contribution in [0, 0.1) is 0 Å². The molecule has 8 heteroatoms. The topological polar surface area (TPSA) is 68.6 Å². The number of hydrogen-bond donors (Lipinski definition) is 1. The van der Waals surface area contributed by atoms with E-state index in [1.54, 1.807) is 7.11 Å². The van der Waals surface area contributed by atoms with Gasteiger partial charge in [-0.2, -0.15) is 5.10 Å². The molecule has 0 spiro atoms. The van der Waals surface area contributed by atoms with E-state index in [0.29, 0.717) is 24.8 Å². The number of piperidine rings is 1. The first kappa shape index (κ1) is 22.6. The third kappa shape index (κ3) is 5.53. The van der Waals surface area contributed by atoms with Gasteiger partial charge in [0.05, 0.1) is 19.3 Å². The maximum absolute atomic E-state index is 13.3. The number of nitrogens with zero attached hydrogens (tertiary/aromatic N) is 3. The van der Waals surface area contributed by atoms with Gasteiger partial charge in [0.1, 0.15) is 11.4 Å². The van der Waals surface area contributed by atoms with Crippen LogP contribution in [0.15, 0.2) is 36.5 Å². The first-order valence-electron chi connectivity index (χ1n) is 10.5. The van der Waals surface area contributed by atoms with Gasteiger partial charge in [-0.15, -0.1) is 12.4 Å². The molecule has 0 saturated carbocycles. The zero-order valence-electron chi connectivity index (χ0n) is 17.5. The Kier molecular flexibility index (Phi) is 8.13. The molecule has 2 aromatic rings. The molecular formula is C22H31ClN4O3. The molecule has 0 radical (unpaired) electrons. The average Bonchev–Trinajstić information content (AvgIpc) is 3.46. The predicted molar refractivity (Wildman–Crippen MR) is 117 cm³/mol. The highest BCUT2D eigenvalue weighted by molar-refractivity contribution is 5.92. The summed E-state index contributed by atoms with van der Waals surface area (Å²) in [5.74, 6) is 0.743. The van der Waals surface area contributed by atoms with Crippen molar-refractivity contribution in [3.05, 3.63) is 47.8 Å². The van der Waals surface area contributed by atoms with Crippen molar-refractivity contribution in [2.75, 3.05) is 33.4 Å². The van der Waals surface area contributed by atoms with E-state index in [1.165, 1.54) is 0 Å². The Morgan fingerprint density at radius 3 is 2.97 bits per heavy atom. The Morgan fingerprint density at radius 1 is 1.33 bits per heavy atom. The van der Waals surface area contributed by atoms with Gasteiger partial charge in [-0.3, -0.25) is 9.48 Å². The van der Waals surface area contributed by atoms with Gasteiger partial charge in [-0.05, 0) is 56.0 Å². The lowest BCUT2D eigenvalue weighted by Crippen LogP contribution is -2.37. The Morgan fingerprint density at radius 2 is 2.23 bits per heavy atom. The Balaban J connectivity index is 0.00000256. The van der Waals surface area contributed by atoms with E-state index in [4.69, 9.17) is 9.47 Å². The standard InChI is InChI=1S/C22H30N4O3.ClH/c1-28-19-7-2-5-17(13-19)15-25(16-20-8-4-12-29-20)22(27)21-9-11-26(24-21)18-6-3-10-23-14-18;/h2,5,7,9,11,13,18,20,23H,3-4,6,8,10,12,14-16H2,1H3;1H. The summed E-state index contributed by atoms with van der Waals surface area (Å²) in [5.41, 5.74) is 1.53. The van der Waals surface area contributed by atoms with Crippen LogP contribution in [0.1, 0.15) is 47.8 Å². The predicted octanol–water partition coefficient (Wildman–Crippen LogP) is 3.06. The summed E-state index contributed by atoms with van der Waals surface area (Å²) in [5, 5.41) is 8.03. The fourth-order valence-corrected chi connectivity index (χ4v) is 4.12. The number of halogens is 1. The monoisotopic (exact) mass is 434 g/mol. The number of methoxy groups -OCH3 is 1. The Labute approximate surface area is 184 Å². The minimum atomic E-state index is -0.0501. The lowest BCUT2D eigenvalue weighted by Gasteiger charge is -2.25. The summed E-state index contributed by atoms with van der Waals surface area (Å²) in [4.78, 5) is 15.2. The first-order valence-corrected chi connectivity index (χ1v) is 10.5. The summed E-state index contributed by atoms with van der Waals surface area (Å²) in [6, 6.07) is 10.0. The Hall–Kier alpha value is -2.09. The highest BCUT2D eigenvalue weighted by Crippen LogP contribution is 2.20. The van der Waals surface area contributed by atoms with Gasteiger partial charge in [0.15, 0.2) is 0 Å². The van der Waals surface area contributed by atoms with Crippen LogP contribution >= 0.6 is 12.4 Å². The van der Waals surface area contributed by atoms with Crippen molar-refractivity contribution in [1.29, 1.82) is 0 Å². The van der Waals surface area contributed by atoms with Crippen molar-refractivity contribution < 1.29 is 14.3 Å². The van der Waals surface area contributed by atoms with Crippen molar-refractivity contribution in [3.63, 3.8) is 0 Å². The number of carbonyl (C=O) groups excluding carboxylic acids is 1. The maximum Gasteiger partial charge on any atom is 0.274 e. The second kappa shape index (κ2) is 10.8. The van der Waals surface area contributed by atoms with E-state index in [-0.39, 0.29) is 24.4 Å². The molecule has 2 atom stereocenters. The van der Waals surface area contributed by atoms with Crippen LogP contribution in [0.2, 0.25) is 0 Å². The van der Waals surface area contributed by atoms with Crippen molar-refractivity contribution in [2.24, 2.45) is 0 Å². The fourth-order valence-electron chi connectivity index (χ4n) is 4.12. The molecule has 0 bridgehead atoms. The second-order valence-corrected chi connectivity index (χ2v) is 7.85. The molecule has 3 heterocycles. The number of nitrogens with one attached hydrogen (secondary N) is 1. The van der Waals surface area contributed by atoms with Crippen LogP contribution in [0.4, 0.5) is 0 Å². The van der Waals surface area contributed by atoms with Crippen LogP contribution in [-0.2, 0) is 11.3 Å². The fraction of sp³-hybridized carbons (Fsp3) is 0.545. The van der Waals surface area contributed by atoms with Gasteiger partial charge >= 0.3 is 0 Å². The zero-order valence-corrected chi connectivity index (χ0v) is 18.3. The largest absolute Gasteiger partial charge is 0.497 e. The summed E-state index contributed by atoms with van der Waals surface area (Å²) >= 11 is 0. The molecule has 7 nitrogen and oxygen atoms in total. The molecule has 1 amide bonds. The molecule has 164 valence electrons. The van der Waals surface area contributed by atoms with Gasteiger partial charge in [0.2, 0.25) is 0 Å². The van der Waals surface area contributed by atoms with Crippen LogP contribution in [-0.4, -0.2) is 60.0 Å². The van der Waals surface area contributed by atoms with Crippen molar-refractivity contribution >= 4 is 18.3 Å². The molecule has 1 aromatic carbocycles. The van der Waals surface area contributed by atoms with Gasteiger partial charge in [-0.25, -0.2) is 0 Å². The van der Waals surface area contributed by atoms with E-state index in [1.807, 2.05) is 46.1 Å². The number of hydrogen-bond acceptors (Lipinski definition) is 5. The van der Waals surface area contributed by atoms with Gasteiger partial charge < -0.3 is 19.7 Å². The summed E-state index contributed by atoms with van der Waals surface area (Å²) in [7, 11) is 1.65. The van der Waals surface area contributed by atoms with Crippen LogP contribution in [0.5, 0.6) is 5.75 Å². The number of amides is 1. The summed E-state index contributed by atoms with van der Waals surface area (Å²) in [6.45, 7) is 3.81. The lowest BCUT2D eigenvalue weighted by molar-refractivity contribution is 0.0501. The number of benzene rings is 1. The number of aromatic nitrogens is 2. The molecule has 2 fully saturated rings. The smallest absolute Gasteiger partial charge is 0.274 e. The third-order valence-electron chi connectivity index (χ3n) is 5.72. The number of rotatable bonds is 7.